The van der Waals surface area contributed by atoms with E-state index >= 15 is 0 Å². The summed E-state index contributed by atoms with van der Waals surface area (Å²) in [6.45, 7) is 6.94. The first kappa shape index (κ1) is 12.2. The molecule has 0 aliphatic heterocycles. The Morgan fingerprint density at radius 1 is 1.24 bits per heavy atom. The molecule has 1 heterocycles. The molecular formula is C13H16BrN3. The van der Waals surface area contributed by atoms with Crippen LogP contribution in [0.4, 0.5) is 5.69 Å². The van der Waals surface area contributed by atoms with Gasteiger partial charge < -0.3 is 10.3 Å². The number of nitrogens with zero attached hydrogens (tertiary/aromatic N) is 1. The Morgan fingerprint density at radius 3 is 2.41 bits per heavy atom. The molecule has 17 heavy (non-hydrogen) atoms. The average Bonchev–Trinajstić information content (AvgIpc) is 2.62. The van der Waals surface area contributed by atoms with Crippen LogP contribution in [0.1, 0.15) is 22.6 Å². The number of aromatic amines is 1. The topological polar surface area (TPSA) is 40.7 Å². The lowest BCUT2D eigenvalue weighted by Crippen LogP contribution is -2.03. The SMILES string of the molecule is Cc1ncc(CNc2c(C)cc(Br)cc2C)[nH]1. The second kappa shape index (κ2) is 4.92. The second-order valence-electron chi connectivity index (χ2n) is 4.26. The Labute approximate surface area is 110 Å². The third-order valence-electron chi connectivity index (χ3n) is 2.71. The van der Waals surface area contributed by atoms with Gasteiger partial charge in [-0.05, 0) is 44.0 Å². The van der Waals surface area contributed by atoms with Gasteiger partial charge in [0.1, 0.15) is 5.82 Å². The Morgan fingerprint density at radius 2 is 1.88 bits per heavy atom. The number of aryl methyl sites for hydroxylation is 3. The van der Waals surface area contributed by atoms with Crippen molar-refractivity contribution in [3.63, 3.8) is 0 Å². The monoisotopic (exact) mass is 293 g/mol. The predicted molar refractivity (Wildman–Crippen MR) is 74.3 cm³/mol. The van der Waals surface area contributed by atoms with Crippen LogP contribution in [-0.2, 0) is 6.54 Å². The largest absolute Gasteiger partial charge is 0.379 e. The first-order valence-electron chi connectivity index (χ1n) is 5.57. The molecule has 0 fully saturated rings. The summed E-state index contributed by atoms with van der Waals surface area (Å²) in [5, 5.41) is 3.45. The van der Waals surface area contributed by atoms with Crippen molar-refractivity contribution in [3.05, 3.63) is 45.4 Å². The van der Waals surface area contributed by atoms with E-state index in [1.54, 1.807) is 0 Å². The van der Waals surface area contributed by atoms with Crippen molar-refractivity contribution in [1.82, 2.24) is 9.97 Å². The predicted octanol–water partition coefficient (Wildman–Crippen LogP) is 3.71. The van der Waals surface area contributed by atoms with Crippen LogP contribution in [0.5, 0.6) is 0 Å². The molecule has 0 radical (unpaired) electrons. The van der Waals surface area contributed by atoms with Gasteiger partial charge in [0.25, 0.3) is 0 Å². The van der Waals surface area contributed by atoms with Gasteiger partial charge in [-0.2, -0.15) is 0 Å². The fraction of sp³-hybridized carbons (Fsp3) is 0.308. The standard InChI is InChI=1S/C13H16BrN3/c1-8-4-11(14)5-9(2)13(8)16-7-12-6-15-10(3)17-12/h4-6,16H,7H2,1-3H3,(H,15,17). The van der Waals surface area contributed by atoms with Crippen LogP contribution in [0.25, 0.3) is 0 Å². The number of aromatic nitrogens is 2. The van der Waals surface area contributed by atoms with Crippen LogP contribution in [-0.4, -0.2) is 9.97 Å². The molecule has 1 aromatic carbocycles. The maximum absolute atomic E-state index is 4.18. The fourth-order valence-electron chi connectivity index (χ4n) is 1.93. The number of nitrogens with one attached hydrogen (secondary N) is 2. The summed E-state index contributed by atoms with van der Waals surface area (Å²) in [4.78, 5) is 7.40. The van der Waals surface area contributed by atoms with Crippen LogP contribution in [0.15, 0.2) is 22.8 Å². The highest BCUT2D eigenvalue weighted by Crippen LogP contribution is 2.25. The zero-order valence-corrected chi connectivity index (χ0v) is 11.9. The van der Waals surface area contributed by atoms with Crippen molar-refractivity contribution in [2.45, 2.75) is 27.3 Å². The minimum absolute atomic E-state index is 0.768. The molecule has 2 N–H and O–H groups in total. The van der Waals surface area contributed by atoms with Gasteiger partial charge in [0.15, 0.2) is 0 Å². The number of hydrogen-bond acceptors (Lipinski definition) is 2. The van der Waals surface area contributed by atoms with E-state index in [0.29, 0.717) is 0 Å². The number of benzene rings is 1. The van der Waals surface area contributed by atoms with Crippen molar-refractivity contribution in [1.29, 1.82) is 0 Å². The van der Waals surface area contributed by atoms with Crippen LogP contribution in [0.2, 0.25) is 0 Å². The van der Waals surface area contributed by atoms with E-state index in [4.69, 9.17) is 0 Å². The van der Waals surface area contributed by atoms with Crippen LogP contribution >= 0.6 is 15.9 Å². The normalized spacial score (nSPS) is 10.6. The van der Waals surface area contributed by atoms with E-state index in [-0.39, 0.29) is 0 Å². The first-order valence-corrected chi connectivity index (χ1v) is 6.36. The number of H-pyrrole nitrogens is 1. The molecule has 0 saturated carbocycles. The minimum atomic E-state index is 0.768. The van der Waals surface area contributed by atoms with Gasteiger partial charge in [0.05, 0.1) is 18.4 Å². The van der Waals surface area contributed by atoms with Crippen LogP contribution < -0.4 is 5.32 Å². The van der Waals surface area contributed by atoms with Gasteiger partial charge in [-0.3, -0.25) is 0 Å². The number of anilines is 1. The van der Waals surface area contributed by atoms with Gasteiger partial charge in [0.2, 0.25) is 0 Å². The molecule has 0 spiro atoms. The van der Waals surface area contributed by atoms with E-state index in [1.165, 1.54) is 16.8 Å². The van der Waals surface area contributed by atoms with Gasteiger partial charge in [-0.25, -0.2) is 4.98 Å². The van der Waals surface area contributed by atoms with E-state index in [2.05, 4.69) is 57.2 Å². The van der Waals surface area contributed by atoms with E-state index in [9.17, 15) is 0 Å². The molecule has 90 valence electrons. The Kier molecular flexibility index (Phi) is 3.52. The molecule has 0 saturated heterocycles. The average molecular weight is 294 g/mol. The van der Waals surface area contributed by atoms with E-state index in [0.717, 1.165) is 22.5 Å². The molecule has 0 aliphatic rings. The quantitative estimate of drug-likeness (QED) is 0.906. The highest BCUT2D eigenvalue weighted by Gasteiger charge is 2.04. The van der Waals surface area contributed by atoms with Crippen molar-refractivity contribution in [2.24, 2.45) is 0 Å². The second-order valence-corrected chi connectivity index (χ2v) is 5.18. The van der Waals surface area contributed by atoms with E-state index in [1.807, 2.05) is 13.1 Å². The zero-order valence-electron chi connectivity index (χ0n) is 10.3. The smallest absolute Gasteiger partial charge is 0.103 e. The highest BCUT2D eigenvalue weighted by atomic mass is 79.9. The molecule has 0 atom stereocenters. The third-order valence-corrected chi connectivity index (χ3v) is 3.17. The summed E-state index contributed by atoms with van der Waals surface area (Å²) in [5.41, 5.74) is 4.78. The third kappa shape index (κ3) is 2.88. The molecule has 3 nitrogen and oxygen atoms in total. The van der Waals surface area contributed by atoms with Crippen LogP contribution in [0, 0.1) is 20.8 Å². The molecule has 0 unspecified atom stereocenters. The first-order chi connectivity index (χ1) is 8.06. The highest BCUT2D eigenvalue weighted by molar-refractivity contribution is 9.10. The Bertz CT molecular complexity index is 508. The van der Waals surface area contributed by atoms with Crippen LogP contribution in [0.3, 0.4) is 0 Å². The van der Waals surface area contributed by atoms with Gasteiger partial charge in [0, 0.05) is 10.2 Å². The summed E-state index contributed by atoms with van der Waals surface area (Å²) >= 11 is 3.50. The molecule has 1 aromatic heterocycles. The number of hydrogen-bond donors (Lipinski definition) is 2. The van der Waals surface area contributed by atoms with Gasteiger partial charge in [-0.1, -0.05) is 15.9 Å². The van der Waals surface area contributed by atoms with Crippen molar-refractivity contribution < 1.29 is 0 Å². The maximum atomic E-state index is 4.18. The molecule has 0 amide bonds. The fourth-order valence-corrected chi connectivity index (χ4v) is 2.62. The Hall–Kier alpha value is -1.29. The molecule has 0 aliphatic carbocycles. The summed E-state index contributed by atoms with van der Waals surface area (Å²) in [7, 11) is 0. The molecule has 2 rings (SSSR count). The van der Waals surface area contributed by atoms with Crippen molar-refractivity contribution in [3.8, 4) is 0 Å². The number of halogens is 1. The minimum Gasteiger partial charge on any atom is -0.379 e. The lowest BCUT2D eigenvalue weighted by molar-refractivity contribution is 1.04. The summed E-state index contributed by atoms with van der Waals surface area (Å²) < 4.78 is 1.12. The molecule has 0 bridgehead atoms. The maximum Gasteiger partial charge on any atom is 0.103 e. The summed E-state index contributed by atoms with van der Waals surface area (Å²) in [5.74, 6) is 0.950. The summed E-state index contributed by atoms with van der Waals surface area (Å²) in [6.07, 6.45) is 1.87. The molecule has 2 aromatic rings. The van der Waals surface area contributed by atoms with E-state index < -0.39 is 0 Å². The zero-order chi connectivity index (χ0) is 12.4. The molecule has 4 heteroatoms. The lowest BCUT2D eigenvalue weighted by atomic mass is 10.1. The lowest BCUT2D eigenvalue weighted by Gasteiger charge is -2.12. The van der Waals surface area contributed by atoms with Gasteiger partial charge in [-0.15, -0.1) is 0 Å². The number of rotatable bonds is 3. The van der Waals surface area contributed by atoms with Gasteiger partial charge >= 0.3 is 0 Å². The Balaban J connectivity index is 2.14. The van der Waals surface area contributed by atoms with Crippen molar-refractivity contribution >= 4 is 21.6 Å². The number of imidazole rings is 1. The molecular weight excluding hydrogens is 278 g/mol. The summed E-state index contributed by atoms with van der Waals surface area (Å²) in [6, 6.07) is 4.24. The van der Waals surface area contributed by atoms with Crippen molar-refractivity contribution in [2.75, 3.05) is 5.32 Å².